The number of benzene rings is 1. The van der Waals surface area contributed by atoms with Crippen LogP contribution in [0.2, 0.25) is 5.02 Å². The smallest absolute Gasteiger partial charge is 0.356 e. The van der Waals surface area contributed by atoms with Crippen LogP contribution in [0, 0.1) is 11.3 Å². The molecule has 21 heavy (non-hydrogen) atoms. The summed E-state index contributed by atoms with van der Waals surface area (Å²) in [5.74, 6) is -0.460. The Bertz CT molecular complexity index is 661. The topological polar surface area (TPSA) is 78.8 Å². The molecule has 2 rings (SSSR count). The van der Waals surface area contributed by atoms with Crippen molar-refractivity contribution < 1.29 is 9.53 Å². The van der Waals surface area contributed by atoms with E-state index in [9.17, 15) is 4.79 Å². The van der Waals surface area contributed by atoms with Crippen LogP contribution in [0.5, 0.6) is 0 Å². The van der Waals surface area contributed by atoms with Crippen molar-refractivity contribution in [1.29, 1.82) is 5.26 Å². The zero-order valence-electron chi connectivity index (χ0n) is 11.3. The van der Waals surface area contributed by atoms with Gasteiger partial charge in [-0.1, -0.05) is 29.8 Å². The Balaban J connectivity index is 1.95. The number of hydrogen-bond donors (Lipinski definition) is 1. The molecule has 0 unspecified atom stereocenters. The average Bonchev–Trinajstić information content (AvgIpc) is 2.97. The number of carbonyl (C=O) groups is 1. The predicted octanol–water partition coefficient (Wildman–Crippen LogP) is 3.58. The summed E-state index contributed by atoms with van der Waals surface area (Å²) in [7, 11) is 0. The molecule has 1 aromatic heterocycles. The average molecular weight is 304 g/mol. The summed E-state index contributed by atoms with van der Waals surface area (Å²) in [4.78, 5) is 11.8. The molecule has 1 N–H and O–H groups in total. The fraction of sp³-hybridized carbons (Fsp3) is 0.267. The molecule has 0 bridgehead atoms. The summed E-state index contributed by atoms with van der Waals surface area (Å²) >= 11 is 6.08. The maximum atomic E-state index is 11.8. The maximum Gasteiger partial charge on any atom is 0.356 e. The molecule has 0 aliphatic rings. The lowest BCUT2D eigenvalue weighted by molar-refractivity contribution is 0.0492. The van der Waals surface area contributed by atoms with Crippen molar-refractivity contribution >= 4 is 17.6 Å². The molecule has 0 amide bonds. The summed E-state index contributed by atoms with van der Waals surface area (Å²) in [6, 6.07) is 10.9. The van der Waals surface area contributed by atoms with Gasteiger partial charge in [0.05, 0.1) is 23.4 Å². The van der Waals surface area contributed by atoms with Crippen molar-refractivity contribution in [3.8, 4) is 17.3 Å². The van der Waals surface area contributed by atoms with Gasteiger partial charge in [-0.05, 0) is 25.0 Å². The molecular formula is C15H14ClN3O2. The molecular weight excluding hydrogens is 290 g/mol. The summed E-state index contributed by atoms with van der Waals surface area (Å²) < 4.78 is 5.10. The van der Waals surface area contributed by atoms with Crippen molar-refractivity contribution in [3.05, 3.63) is 41.0 Å². The van der Waals surface area contributed by atoms with Crippen LogP contribution in [0.1, 0.15) is 29.8 Å². The highest BCUT2D eigenvalue weighted by molar-refractivity contribution is 6.33. The number of rotatable bonds is 6. The van der Waals surface area contributed by atoms with E-state index in [0.29, 0.717) is 30.2 Å². The minimum atomic E-state index is -0.460. The van der Waals surface area contributed by atoms with Gasteiger partial charge in [-0.25, -0.2) is 4.79 Å². The third-order valence-electron chi connectivity index (χ3n) is 2.86. The summed E-state index contributed by atoms with van der Waals surface area (Å²) in [6.45, 7) is 0.293. The number of aromatic amines is 1. The van der Waals surface area contributed by atoms with Gasteiger partial charge in [-0.15, -0.1) is 0 Å². The van der Waals surface area contributed by atoms with Gasteiger partial charge in [0.15, 0.2) is 0 Å². The van der Waals surface area contributed by atoms with E-state index in [0.717, 1.165) is 12.0 Å². The van der Waals surface area contributed by atoms with Gasteiger partial charge in [0.25, 0.3) is 0 Å². The van der Waals surface area contributed by atoms with E-state index in [1.807, 2.05) is 24.3 Å². The summed E-state index contributed by atoms with van der Waals surface area (Å²) in [6.07, 6.45) is 1.86. The quantitative estimate of drug-likeness (QED) is 0.653. The largest absolute Gasteiger partial charge is 0.461 e. The lowest BCUT2D eigenvalue weighted by Gasteiger charge is -2.01. The number of esters is 1. The Morgan fingerprint density at radius 1 is 1.38 bits per heavy atom. The minimum absolute atomic E-state index is 0.283. The molecule has 6 heteroatoms. The number of nitriles is 1. The summed E-state index contributed by atoms with van der Waals surface area (Å²) in [5, 5.41) is 15.7. The van der Waals surface area contributed by atoms with Crippen LogP contribution >= 0.6 is 11.6 Å². The highest BCUT2D eigenvalue weighted by Gasteiger charge is 2.13. The number of aromatic nitrogens is 2. The highest BCUT2D eigenvalue weighted by atomic mass is 35.5. The van der Waals surface area contributed by atoms with Crippen LogP contribution < -0.4 is 0 Å². The number of H-pyrrole nitrogens is 1. The van der Waals surface area contributed by atoms with E-state index in [2.05, 4.69) is 10.2 Å². The zero-order chi connectivity index (χ0) is 15.1. The molecule has 1 heterocycles. The molecule has 108 valence electrons. The first-order chi connectivity index (χ1) is 10.2. The lowest BCUT2D eigenvalue weighted by Crippen LogP contribution is -2.06. The molecule has 0 spiro atoms. The van der Waals surface area contributed by atoms with E-state index in [4.69, 9.17) is 21.6 Å². The first-order valence-corrected chi connectivity index (χ1v) is 6.94. The van der Waals surface area contributed by atoms with Crippen molar-refractivity contribution in [2.45, 2.75) is 19.3 Å². The molecule has 0 fully saturated rings. The minimum Gasteiger partial charge on any atom is -0.461 e. The van der Waals surface area contributed by atoms with Gasteiger partial charge in [-0.2, -0.15) is 10.4 Å². The molecule has 2 aromatic rings. The van der Waals surface area contributed by atoms with E-state index < -0.39 is 5.97 Å². The SMILES string of the molecule is N#CCCCCOC(=O)c1cc(-c2ccccc2Cl)n[nH]1. The van der Waals surface area contributed by atoms with Crippen molar-refractivity contribution in [3.63, 3.8) is 0 Å². The van der Waals surface area contributed by atoms with Crippen LogP contribution in [-0.2, 0) is 4.74 Å². The van der Waals surface area contributed by atoms with Gasteiger partial charge < -0.3 is 4.74 Å². The Morgan fingerprint density at radius 3 is 2.95 bits per heavy atom. The predicted molar refractivity (Wildman–Crippen MR) is 78.8 cm³/mol. The van der Waals surface area contributed by atoms with Crippen LogP contribution in [-0.4, -0.2) is 22.8 Å². The van der Waals surface area contributed by atoms with Crippen LogP contribution in [0.15, 0.2) is 30.3 Å². The first kappa shape index (κ1) is 15.1. The molecule has 0 radical (unpaired) electrons. The monoisotopic (exact) mass is 303 g/mol. The highest BCUT2D eigenvalue weighted by Crippen LogP contribution is 2.26. The van der Waals surface area contributed by atoms with E-state index in [1.165, 1.54) is 0 Å². The molecule has 0 aliphatic carbocycles. The van der Waals surface area contributed by atoms with Gasteiger partial charge in [-0.3, -0.25) is 5.10 Å². The number of unbranched alkanes of at least 4 members (excludes halogenated alkanes) is 2. The number of halogens is 1. The van der Waals surface area contributed by atoms with E-state index >= 15 is 0 Å². The van der Waals surface area contributed by atoms with Crippen molar-refractivity contribution in [1.82, 2.24) is 10.2 Å². The second-order valence-electron chi connectivity index (χ2n) is 4.40. The molecule has 5 nitrogen and oxygen atoms in total. The normalized spacial score (nSPS) is 10.1. The number of nitrogens with zero attached hydrogens (tertiary/aromatic N) is 2. The molecule has 0 saturated heterocycles. The summed E-state index contributed by atoms with van der Waals surface area (Å²) in [5.41, 5.74) is 1.63. The van der Waals surface area contributed by atoms with Gasteiger partial charge in [0, 0.05) is 12.0 Å². The number of ether oxygens (including phenoxy) is 1. The first-order valence-electron chi connectivity index (χ1n) is 6.56. The van der Waals surface area contributed by atoms with Gasteiger partial charge in [0.1, 0.15) is 5.69 Å². The Hall–Kier alpha value is -2.32. The second-order valence-corrected chi connectivity index (χ2v) is 4.81. The van der Waals surface area contributed by atoms with Gasteiger partial charge >= 0.3 is 5.97 Å². The lowest BCUT2D eigenvalue weighted by atomic mass is 10.1. The van der Waals surface area contributed by atoms with Crippen molar-refractivity contribution in [2.24, 2.45) is 0 Å². The third-order valence-corrected chi connectivity index (χ3v) is 3.19. The fourth-order valence-electron chi connectivity index (χ4n) is 1.78. The Morgan fingerprint density at radius 2 is 2.19 bits per heavy atom. The molecule has 0 atom stereocenters. The van der Waals surface area contributed by atoms with Crippen molar-refractivity contribution in [2.75, 3.05) is 6.61 Å². The maximum absolute atomic E-state index is 11.8. The van der Waals surface area contributed by atoms with E-state index in [1.54, 1.807) is 12.1 Å². The second kappa shape index (κ2) is 7.46. The molecule has 1 aromatic carbocycles. The van der Waals surface area contributed by atoms with Crippen LogP contribution in [0.25, 0.3) is 11.3 Å². The number of hydrogen-bond acceptors (Lipinski definition) is 4. The zero-order valence-corrected chi connectivity index (χ0v) is 12.1. The number of nitrogens with one attached hydrogen (secondary N) is 1. The van der Waals surface area contributed by atoms with Crippen LogP contribution in [0.4, 0.5) is 0 Å². The Labute approximate surface area is 127 Å². The standard InChI is InChI=1S/C15H14ClN3O2/c16-12-7-3-2-6-11(12)13-10-14(19-18-13)15(20)21-9-5-1-4-8-17/h2-3,6-7,10H,1,4-5,9H2,(H,18,19). The fourth-order valence-corrected chi connectivity index (χ4v) is 2.01. The molecule has 0 saturated carbocycles. The number of carbonyl (C=O) groups excluding carboxylic acids is 1. The van der Waals surface area contributed by atoms with E-state index in [-0.39, 0.29) is 5.69 Å². The van der Waals surface area contributed by atoms with Gasteiger partial charge in [0.2, 0.25) is 0 Å². The Kier molecular flexibility index (Phi) is 5.35. The molecule has 0 aliphatic heterocycles. The third kappa shape index (κ3) is 4.07. The van der Waals surface area contributed by atoms with Crippen LogP contribution in [0.3, 0.4) is 0 Å².